The predicted octanol–water partition coefficient (Wildman–Crippen LogP) is 3.37. The number of benzene rings is 1. The van der Waals surface area contributed by atoms with Crippen molar-refractivity contribution in [2.75, 3.05) is 0 Å². The van der Waals surface area contributed by atoms with Crippen LogP contribution in [0.15, 0.2) is 41.0 Å². The van der Waals surface area contributed by atoms with E-state index in [1.54, 1.807) is 12.3 Å². The van der Waals surface area contributed by atoms with Crippen LogP contribution in [0, 0.1) is 5.82 Å². The summed E-state index contributed by atoms with van der Waals surface area (Å²) in [7, 11) is 0. The summed E-state index contributed by atoms with van der Waals surface area (Å²) in [6.45, 7) is 0.222. The Morgan fingerprint density at radius 1 is 1.33 bits per heavy atom. The molecule has 0 saturated carbocycles. The lowest BCUT2D eigenvalue weighted by Gasteiger charge is -2.07. The van der Waals surface area contributed by atoms with Gasteiger partial charge in [-0.3, -0.25) is 9.78 Å². The average molecular weight is 310 g/mol. The molecular weight excluding hydrogens is 301 g/mol. The van der Waals surface area contributed by atoms with Gasteiger partial charge in [0, 0.05) is 10.7 Å². The number of aromatic nitrogens is 1. The van der Waals surface area contributed by atoms with Crippen LogP contribution in [0.5, 0.6) is 5.75 Å². The van der Waals surface area contributed by atoms with Crippen LogP contribution in [0.2, 0.25) is 0 Å². The van der Waals surface area contributed by atoms with Gasteiger partial charge < -0.3 is 4.74 Å². The molecule has 0 atom stereocenters. The van der Waals surface area contributed by atoms with Crippen LogP contribution in [0.1, 0.15) is 16.1 Å². The Kier molecular flexibility index (Phi) is 4.04. The minimum absolute atomic E-state index is 0.187. The molecule has 92 valence electrons. The number of carbonyl (C=O) groups excluding carboxylic acids is 1. The van der Waals surface area contributed by atoms with Crippen LogP contribution >= 0.6 is 15.9 Å². The van der Waals surface area contributed by atoms with Gasteiger partial charge in [-0.05, 0) is 46.3 Å². The summed E-state index contributed by atoms with van der Waals surface area (Å²) in [5.41, 5.74) is 0.909. The first-order chi connectivity index (χ1) is 8.69. The van der Waals surface area contributed by atoms with Gasteiger partial charge in [-0.2, -0.15) is 0 Å². The van der Waals surface area contributed by atoms with Crippen LogP contribution < -0.4 is 4.74 Å². The van der Waals surface area contributed by atoms with Crippen molar-refractivity contribution in [2.45, 2.75) is 6.61 Å². The van der Waals surface area contributed by atoms with Gasteiger partial charge in [0.15, 0.2) is 6.29 Å². The lowest BCUT2D eigenvalue weighted by molar-refractivity contribution is 0.111. The maximum absolute atomic E-state index is 12.9. The van der Waals surface area contributed by atoms with E-state index in [-0.39, 0.29) is 12.2 Å². The average Bonchev–Trinajstić information content (AvgIpc) is 2.39. The number of halogens is 2. The molecule has 2 aromatic rings. The summed E-state index contributed by atoms with van der Waals surface area (Å²) in [4.78, 5) is 14.9. The fraction of sp³-hybridized carbons (Fsp3) is 0.0769. The number of carbonyl (C=O) groups is 1. The van der Waals surface area contributed by atoms with Crippen molar-refractivity contribution in [2.24, 2.45) is 0 Å². The standard InChI is InChI=1S/C13H9BrFNO2/c14-10-1-3-12(16-6-10)8-18-13-4-2-11(15)5-9(13)7-17/h1-7H,8H2. The maximum atomic E-state index is 12.9. The second-order valence-corrected chi connectivity index (χ2v) is 4.47. The molecule has 0 aliphatic rings. The first kappa shape index (κ1) is 12.7. The third kappa shape index (κ3) is 3.13. The molecular formula is C13H9BrFNO2. The Balaban J connectivity index is 2.10. The van der Waals surface area contributed by atoms with E-state index in [1.807, 2.05) is 6.07 Å². The number of hydrogen-bond donors (Lipinski definition) is 0. The molecule has 1 aromatic heterocycles. The number of hydrogen-bond acceptors (Lipinski definition) is 3. The van der Waals surface area contributed by atoms with Gasteiger partial charge in [0.05, 0.1) is 11.3 Å². The topological polar surface area (TPSA) is 39.2 Å². The Labute approximate surface area is 112 Å². The van der Waals surface area contributed by atoms with E-state index in [1.165, 1.54) is 12.1 Å². The van der Waals surface area contributed by atoms with Crippen LogP contribution in [-0.4, -0.2) is 11.3 Å². The monoisotopic (exact) mass is 309 g/mol. The minimum Gasteiger partial charge on any atom is -0.487 e. The third-order valence-electron chi connectivity index (χ3n) is 2.26. The van der Waals surface area contributed by atoms with Crippen molar-refractivity contribution < 1.29 is 13.9 Å². The molecule has 0 radical (unpaired) electrons. The highest BCUT2D eigenvalue weighted by molar-refractivity contribution is 9.10. The zero-order valence-electron chi connectivity index (χ0n) is 9.27. The van der Waals surface area contributed by atoms with Crippen molar-refractivity contribution in [3.63, 3.8) is 0 Å². The van der Waals surface area contributed by atoms with Crippen molar-refractivity contribution in [3.8, 4) is 5.75 Å². The quantitative estimate of drug-likeness (QED) is 0.813. The smallest absolute Gasteiger partial charge is 0.153 e. The molecule has 3 nitrogen and oxygen atoms in total. The second-order valence-electron chi connectivity index (χ2n) is 3.56. The fourth-order valence-electron chi connectivity index (χ4n) is 1.39. The van der Waals surface area contributed by atoms with Crippen molar-refractivity contribution in [3.05, 3.63) is 58.1 Å². The third-order valence-corrected chi connectivity index (χ3v) is 2.73. The molecule has 1 aromatic carbocycles. The second kappa shape index (κ2) is 5.73. The van der Waals surface area contributed by atoms with Gasteiger partial charge in [0.2, 0.25) is 0 Å². The first-order valence-corrected chi connectivity index (χ1v) is 5.96. The van der Waals surface area contributed by atoms with Crippen LogP contribution in [0.4, 0.5) is 4.39 Å². The molecule has 0 N–H and O–H groups in total. The molecule has 2 rings (SSSR count). The zero-order valence-corrected chi connectivity index (χ0v) is 10.9. The van der Waals surface area contributed by atoms with Crippen molar-refractivity contribution in [1.82, 2.24) is 4.98 Å². The number of rotatable bonds is 4. The van der Waals surface area contributed by atoms with Crippen molar-refractivity contribution >= 4 is 22.2 Å². The van der Waals surface area contributed by atoms with E-state index < -0.39 is 5.82 Å². The first-order valence-electron chi connectivity index (χ1n) is 5.17. The maximum Gasteiger partial charge on any atom is 0.153 e. The van der Waals surface area contributed by atoms with E-state index in [9.17, 15) is 9.18 Å². The molecule has 0 aliphatic carbocycles. The highest BCUT2D eigenvalue weighted by Gasteiger charge is 2.05. The largest absolute Gasteiger partial charge is 0.487 e. The number of nitrogens with zero attached hydrogens (tertiary/aromatic N) is 1. The summed E-state index contributed by atoms with van der Waals surface area (Å²) >= 11 is 3.28. The Hall–Kier alpha value is -1.75. The molecule has 0 aliphatic heterocycles. The van der Waals surface area contributed by atoms with Gasteiger partial charge >= 0.3 is 0 Å². The number of pyridine rings is 1. The molecule has 1 heterocycles. The minimum atomic E-state index is -0.466. The van der Waals surface area contributed by atoms with E-state index in [4.69, 9.17) is 4.74 Å². The van der Waals surface area contributed by atoms with E-state index in [2.05, 4.69) is 20.9 Å². The predicted molar refractivity (Wildman–Crippen MR) is 68.1 cm³/mol. The normalized spacial score (nSPS) is 10.1. The molecule has 0 spiro atoms. The van der Waals surface area contributed by atoms with Gasteiger partial charge in [0.1, 0.15) is 18.2 Å². The molecule has 5 heteroatoms. The zero-order chi connectivity index (χ0) is 13.0. The Morgan fingerprint density at radius 3 is 2.83 bits per heavy atom. The van der Waals surface area contributed by atoms with E-state index >= 15 is 0 Å². The SMILES string of the molecule is O=Cc1cc(F)ccc1OCc1ccc(Br)cn1. The fourth-order valence-corrected chi connectivity index (χ4v) is 1.62. The van der Waals surface area contributed by atoms with Gasteiger partial charge in [-0.25, -0.2) is 4.39 Å². The Bertz CT molecular complexity index is 557. The molecule has 0 saturated heterocycles. The summed E-state index contributed by atoms with van der Waals surface area (Å²) in [5, 5.41) is 0. The lowest BCUT2D eigenvalue weighted by atomic mass is 10.2. The van der Waals surface area contributed by atoms with Crippen LogP contribution in [0.3, 0.4) is 0 Å². The van der Waals surface area contributed by atoms with Gasteiger partial charge in [-0.1, -0.05) is 0 Å². The summed E-state index contributed by atoms with van der Waals surface area (Å²) < 4.78 is 19.2. The van der Waals surface area contributed by atoms with Crippen molar-refractivity contribution in [1.29, 1.82) is 0 Å². The van der Waals surface area contributed by atoms with E-state index in [0.29, 0.717) is 12.0 Å². The highest BCUT2D eigenvalue weighted by Crippen LogP contribution is 2.19. The molecule has 0 bridgehead atoms. The summed E-state index contributed by atoms with van der Waals surface area (Å²) in [6, 6.07) is 7.46. The molecule has 0 fully saturated rings. The number of aldehydes is 1. The summed E-state index contributed by atoms with van der Waals surface area (Å²) in [5.74, 6) is -0.123. The van der Waals surface area contributed by atoms with Crippen LogP contribution in [0.25, 0.3) is 0 Å². The highest BCUT2D eigenvalue weighted by atomic mass is 79.9. The molecule has 0 unspecified atom stereocenters. The summed E-state index contributed by atoms with van der Waals surface area (Å²) in [6.07, 6.45) is 2.22. The van der Waals surface area contributed by atoms with Gasteiger partial charge in [0.25, 0.3) is 0 Å². The molecule has 0 amide bonds. The molecule has 18 heavy (non-hydrogen) atoms. The van der Waals surface area contributed by atoms with Gasteiger partial charge in [-0.15, -0.1) is 0 Å². The number of ether oxygens (including phenoxy) is 1. The van der Waals surface area contributed by atoms with E-state index in [0.717, 1.165) is 16.2 Å². The van der Waals surface area contributed by atoms with Crippen LogP contribution in [-0.2, 0) is 6.61 Å². The Morgan fingerprint density at radius 2 is 2.17 bits per heavy atom. The lowest BCUT2D eigenvalue weighted by Crippen LogP contribution is -2.00.